The van der Waals surface area contributed by atoms with Crippen LogP contribution < -0.4 is 24.8 Å². The van der Waals surface area contributed by atoms with Crippen molar-refractivity contribution in [1.82, 2.24) is 5.32 Å². The second-order valence-corrected chi connectivity index (χ2v) is 5.95. The lowest BCUT2D eigenvalue weighted by molar-refractivity contribution is 0.252. The van der Waals surface area contributed by atoms with Crippen molar-refractivity contribution in [3.8, 4) is 17.2 Å². The van der Waals surface area contributed by atoms with E-state index >= 15 is 0 Å². The Morgan fingerprint density at radius 3 is 2.15 bits per heavy atom. The van der Waals surface area contributed by atoms with E-state index in [2.05, 4.69) is 10.6 Å². The molecule has 0 atom stereocenters. The van der Waals surface area contributed by atoms with Crippen LogP contribution in [0.2, 0.25) is 0 Å². The average molecular weight is 358 g/mol. The Kier molecular flexibility index (Phi) is 6.72. The third kappa shape index (κ3) is 4.81. The Balaban J connectivity index is 1.96. The number of aryl methyl sites for hydroxylation is 2. The van der Waals surface area contributed by atoms with E-state index in [1.165, 1.54) is 5.56 Å². The number of rotatable bonds is 7. The predicted octanol–water partition coefficient (Wildman–Crippen LogP) is 3.69. The third-order valence-corrected chi connectivity index (χ3v) is 4.23. The van der Waals surface area contributed by atoms with Crippen molar-refractivity contribution < 1.29 is 19.0 Å². The van der Waals surface area contributed by atoms with Crippen LogP contribution in [0.3, 0.4) is 0 Å². The van der Waals surface area contributed by atoms with E-state index in [1.54, 1.807) is 27.4 Å². The normalized spacial score (nSPS) is 10.2. The molecule has 0 bridgehead atoms. The Morgan fingerprint density at radius 1 is 0.885 bits per heavy atom. The highest BCUT2D eigenvalue weighted by Gasteiger charge is 2.12. The molecular weight excluding hydrogens is 332 g/mol. The Hall–Kier alpha value is -2.89. The molecule has 0 spiro atoms. The highest BCUT2D eigenvalue weighted by molar-refractivity contribution is 5.89. The third-order valence-electron chi connectivity index (χ3n) is 4.23. The van der Waals surface area contributed by atoms with Crippen LogP contribution in [0.1, 0.15) is 16.7 Å². The number of hydrogen-bond donors (Lipinski definition) is 2. The summed E-state index contributed by atoms with van der Waals surface area (Å²) in [4.78, 5) is 12.1. The zero-order chi connectivity index (χ0) is 19.1. The number of hydrogen-bond acceptors (Lipinski definition) is 4. The van der Waals surface area contributed by atoms with Gasteiger partial charge in [-0.05, 0) is 55.2 Å². The number of methoxy groups -OCH3 is 3. The van der Waals surface area contributed by atoms with E-state index in [4.69, 9.17) is 14.2 Å². The van der Waals surface area contributed by atoms with E-state index in [0.717, 1.165) is 16.8 Å². The van der Waals surface area contributed by atoms with Crippen molar-refractivity contribution in [3.05, 3.63) is 47.0 Å². The first-order valence-corrected chi connectivity index (χ1v) is 8.39. The van der Waals surface area contributed by atoms with Crippen molar-refractivity contribution >= 4 is 11.7 Å². The van der Waals surface area contributed by atoms with Crippen LogP contribution in [0.4, 0.5) is 10.5 Å². The standard InChI is InChI=1S/C20H26N2O4/c1-13-6-7-16(10-14(13)2)22-20(23)21-9-8-15-11-18(25-4)19(26-5)12-17(15)24-3/h6-7,10-12H,8-9H2,1-5H3,(H2,21,22,23). The van der Waals surface area contributed by atoms with Crippen LogP contribution in [0.25, 0.3) is 0 Å². The van der Waals surface area contributed by atoms with Crippen LogP contribution in [0.15, 0.2) is 30.3 Å². The van der Waals surface area contributed by atoms with Crippen LogP contribution in [-0.4, -0.2) is 33.9 Å². The number of carbonyl (C=O) groups is 1. The fraction of sp³-hybridized carbons (Fsp3) is 0.350. The molecule has 26 heavy (non-hydrogen) atoms. The monoisotopic (exact) mass is 358 g/mol. The minimum Gasteiger partial charge on any atom is -0.496 e. The number of ether oxygens (including phenoxy) is 3. The van der Waals surface area contributed by atoms with Crippen LogP contribution in [0.5, 0.6) is 17.2 Å². The summed E-state index contributed by atoms with van der Waals surface area (Å²) in [6.07, 6.45) is 0.601. The molecule has 0 aliphatic carbocycles. The molecule has 2 N–H and O–H groups in total. The Morgan fingerprint density at radius 2 is 1.54 bits per heavy atom. The maximum atomic E-state index is 12.1. The van der Waals surface area contributed by atoms with Gasteiger partial charge in [0.05, 0.1) is 21.3 Å². The first kappa shape index (κ1) is 19.4. The van der Waals surface area contributed by atoms with Gasteiger partial charge in [-0.15, -0.1) is 0 Å². The van der Waals surface area contributed by atoms with Gasteiger partial charge in [0.1, 0.15) is 5.75 Å². The van der Waals surface area contributed by atoms with Gasteiger partial charge in [-0.25, -0.2) is 4.79 Å². The molecule has 0 unspecified atom stereocenters. The summed E-state index contributed by atoms with van der Waals surface area (Å²) in [7, 11) is 4.77. The quantitative estimate of drug-likeness (QED) is 0.792. The molecule has 0 aromatic heterocycles. The van der Waals surface area contributed by atoms with E-state index < -0.39 is 0 Å². The largest absolute Gasteiger partial charge is 0.496 e. The molecule has 6 heteroatoms. The van der Waals surface area contributed by atoms with Crippen molar-refractivity contribution in [2.45, 2.75) is 20.3 Å². The lowest BCUT2D eigenvalue weighted by Crippen LogP contribution is -2.30. The summed E-state index contributed by atoms with van der Waals surface area (Å²) in [5.41, 5.74) is 4.03. The minimum absolute atomic E-state index is 0.243. The summed E-state index contributed by atoms with van der Waals surface area (Å²) < 4.78 is 16.0. The molecule has 0 aliphatic heterocycles. The average Bonchev–Trinajstić information content (AvgIpc) is 2.64. The zero-order valence-corrected chi connectivity index (χ0v) is 15.9. The van der Waals surface area contributed by atoms with Gasteiger partial charge in [0, 0.05) is 18.3 Å². The number of carbonyl (C=O) groups excluding carboxylic acids is 1. The molecule has 0 heterocycles. The van der Waals surface area contributed by atoms with Gasteiger partial charge in [0.25, 0.3) is 0 Å². The van der Waals surface area contributed by atoms with Crippen molar-refractivity contribution in [2.24, 2.45) is 0 Å². The topological polar surface area (TPSA) is 68.8 Å². The second-order valence-electron chi connectivity index (χ2n) is 5.95. The zero-order valence-electron chi connectivity index (χ0n) is 15.9. The summed E-state index contributed by atoms with van der Waals surface area (Å²) >= 11 is 0. The number of anilines is 1. The second kappa shape index (κ2) is 8.99. The fourth-order valence-corrected chi connectivity index (χ4v) is 2.59. The smallest absolute Gasteiger partial charge is 0.319 e. The van der Waals surface area contributed by atoms with Crippen LogP contribution in [-0.2, 0) is 6.42 Å². The van der Waals surface area contributed by atoms with Crippen molar-refractivity contribution in [2.75, 3.05) is 33.2 Å². The molecule has 0 radical (unpaired) electrons. The Bertz CT molecular complexity index is 775. The summed E-state index contributed by atoms with van der Waals surface area (Å²) in [5.74, 6) is 1.93. The van der Waals surface area contributed by atoms with Crippen LogP contribution in [0, 0.1) is 13.8 Å². The number of benzene rings is 2. The van der Waals surface area contributed by atoms with Gasteiger partial charge in [0.2, 0.25) is 0 Å². The van der Waals surface area contributed by atoms with E-state index in [-0.39, 0.29) is 6.03 Å². The number of amides is 2. The van der Waals surface area contributed by atoms with Crippen molar-refractivity contribution in [3.63, 3.8) is 0 Å². The van der Waals surface area contributed by atoms with E-state index in [0.29, 0.717) is 30.2 Å². The van der Waals surface area contributed by atoms with Gasteiger partial charge in [-0.2, -0.15) is 0 Å². The number of urea groups is 1. The maximum Gasteiger partial charge on any atom is 0.319 e. The minimum atomic E-state index is -0.243. The van der Waals surface area contributed by atoms with Gasteiger partial charge in [-0.3, -0.25) is 0 Å². The molecule has 0 fully saturated rings. The predicted molar refractivity (Wildman–Crippen MR) is 103 cm³/mol. The summed E-state index contributed by atoms with van der Waals surface area (Å²) in [5, 5.41) is 5.69. The first-order chi connectivity index (χ1) is 12.5. The molecule has 0 saturated carbocycles. The summed E-state index contributed by atoms with van der Waals surface area (Å²) in [6.45, 7) is 4.51. The molecular formula is C20H26N2O4. The maximum absolute atomic E-state index is 12.1. The van der Waals surface area contributed by atoms with Gasteiger partial charge in [-0.1, -0.05) is 6.07 Å². The SMILES string of the molecule is COc1cc(OC)c(OC)cc1CCNC(=O)Nc1ccc(C)c(C)c1. The fourth-order valence-electron chi connectivity index (χ4n) is 2.59. The number of nitrogens with one attached hydrogen (secondary N) is 2. The molecule has 2 amide bonds. The molecule has 0 aliphatic rings. The highest BCUT2D eigenvalue weighted by atomic mass is 16.5. The summed E-state index contributed by atoms with van der Waals surface area (Å²) in [6, 6.07) is 9.22. The van der Waals surface area contributed by atoms with Crippen molar-refractivity contribution in [1.29, 1.82) is 0 Å². The molecule has 2 rings (SSSR count). The Labute approximate surface area is 154 Å². The van der Waals surface area contributed by atoms with E-state index in [9.17, 15) is 4.79 Å². The lowest BCUT2D eigenvalue weighted by Gasteiger charge is -2.14. The lowest BCUT2D eigenvalue weighted by atomic mass is 10.1. The van der Waals surface area contributed by atoms with E-state index in [1.807, 2.05) is 38.1 Å². The van der Waals surface area contributed by atoms with Crippen LogP contribution >= 0.6 is 0 Å². The molecule has 0 saturated heterocycles. The highest BCUT2D eigenvalue weighted by Crippen LogP contribution is 2.34. The molecule has 2 aromatic rings. The molecule has 2 aromatic carbocycles. The van der Waals surface area contributed by atoms with Gasteiger partial charge >= 0.3 is 6.03 Å². The van der Waals surface area contributed by atoms with Gasteiger partial charge < -0.3 is 24.8 Å². The van der Waals surface area contributed by atoms with Gasteiger partial charge in [0.15, 0.2) is 11.5 Å². The molecule has 140 valence electrons. The molecule has 6 nitrogen and oxygen atoms in total. The first-order valence-electron chi connectivity index (χ1n) is 8.39.